The molecule has 112 valence electrons. The van der Waals surface area contributed by atoms with Crippen LogP contribution in [0.1, 0.15) is 18.4 Å². The Balaban J connectivity index is 1.97. The molecule has 1 aliphatic rings. The second kappa shape index (κ2) is 8.47. The third-order valence-electron chi connectivity index (χ3n) is 3.30. The molecule has 1 aliphatic heterocycles. The molecule has 2 rings (SSSR count). The molecule has 1 heterocycles. The second-order valence-electron chi connectivity index (χ2n) is 4.83. The van der Waals surface area contributed by atoms with Gasteiger partial charge >= 0.3 is 0 Å². The zero-order valence-electron chi connectivity index (χ0n) is 11.9. The Hall–Kier alpha value is -0.810. The Kier molecular flexibility index (Phi) is 6.60. The molecule has 0 atom stereocenters. The highest BCUT2D eigenvalue weighted by Gasteiger charge is 2.18. The lowest BCUT2D eigenvalue weighted by Gasteiger charge is -2.25. The quantitative estimate of drug-likeness (QED) is 0.786. The normalized spacial score (nSPS) is 16.3. The van der Waals surface area contributed by atoms with Crippen LogP contribution in [0.5, 0.6) is 5.75 Å². The van der Waals surface area contributed by atoms with Gasteiger partial charge in [0.2, 0.25) is 0 Å². The van der Waals surface area contributed by atoms with E-state index in [9.17, 15) is 0 Å². The molecule has 5 heteroatoms. The van der Waals surface area contributed by atoms with Crippen LogP contribution in [0.15, 0.2) is 18.2 Å². The van der Waals surface area contributed by atoms with Crippen LogP contribution in [0.2, 0.25) is 5.02 Å². The van der Waals surface area contributed by atoms with Gasteiger partial charge in [-0.2, -0.15) is 0 Å². The Labute approximate surface area is 125 Å². The summed E-state index contributed by atoms with van der Waals surface area (Å²) in [6, 6.07) is 5.86. The van der Waals surface area contributed by atoms with Crippen LogP contribution in [0.4, 0.5) is 0 Å². The Morgan fingerprint density at radius 1 is 1.35 bits per heavy atom. The number of para-hydroxylation sites is 1. The Morgan fingerprint density at radius 3 is 2.90 bits per heavy atom. The molecule has 1 aromatic carbocycles. The molecule has 0 radical (unpaired) electrons. The van der Waals surface area contributed by atoms with Gasteiger partial charge in [-0.3, -0.25) is 0 Å². The molecule has 0 spiro atoms. The number of rotatable bonds is 7. The van der Waals surface area contributed by atoms with E-state index in [1.807, 2.05) is 18.2 Å². The molecule has 0 bridgehead atoms. The van der Waals surface area contributed by atoms with Crippen molar-refractivity contribution in [3.8, 4) is 5.75 Å². The van der Waals surface area contributed by atoms with Crippen LogP contribution in [-0.2, 0) is 16.0 Å². The average Bonchev–Trinajstić information content (AvgIpc) is 2.48. The maximum absolute atomic E-state index is 6.28. The first-order chi connectivity index (χ1) is 9.81. The van der Waals surface area contributed by atoms with Gasteiger partial charge in [0, 0.05) is 38.6 Å². The molecule has 1 aromatic rings. The maximum Gasteiger partial charge on any atom is 0.142 e. The third-order valence-corrected chi connectivity index (χ3v) is 3.60. The highest BCUT2D eigenvalue weighted by molar-refractivity contribution is 6.32. The lowest BCUT2D eigenvalue weighted by molar-refractivity contribution is 0.0252. The molecule has 0 unspecified atom stereocenters. The minimum Gasteiger partial charge on any atom is -0.488 e. The molecule has 0 aromatic heterocycles. The zero-order chi connectivity index (χ0) is 14.2. The Bertz CT molecular complexity index is 408. The van der Waals surface area contributed by atoms with E-state index >= 15 is 0 Å². The SMILES string of the molecule is COCCNCc1cccc(Cl)c1OC1CCOCC1. The van der Waals surface area contributed by atoms with E-state index < -0.39 is 0 Å². The predicted octanol–water partition coefficient (Wildman–Crippen LogP) is 2.63. The molecule has 1 saturated heterocycles. The number of hydrogen-bond donors (Lipinski definition) is 1. The summed E-state index contributed by atoms with van der Waals surface area (Å²) in [6.07, 6.45) is 2.03. The van der Waals surface area contributed by atoms with Crippen molar-refractivity contribution in [2.75, 3.05) is 33.5 Å². The summed E-state index contributed by atoms with van der Waals surface area (Å²) in [5.74, 6) is 0.797. The van der Waals surface area contributed by atoms with Gasteiger partial charge in [-0.1, -0.05) is 23.7 Å². The van der Waals surface area contributed by atoms with Crippen LogP contribution in [0.25, 0.3) is 0 Å². The third kappa shape index (κ3) is 4.63. The molecule has 1 fully saturated rings. The highest BCUT2D eigenvalue weighted by Crippen LogP contribution is 2.31. The average molecular weight is 300 g/mol. The van der Waals surface area contributed by atoms with Crippen molar-refractivity contribution in [1.29, 1.82) is 0 Å². The van der Waals surface area contributed by atoms with Crippen molar-refractivity contribution in [1.82, 2.24) is 5.32 Å². The molecule has 0 aliphatic carbocycles. The Morgan fingerprint density at radius 2 is 2.15 bits per heavy atom. The van der Waals surface area contributed by atoms with Crippen LogP contribution < -0.4 is 10.1 Å². The molecular formula is C15H22ClNO3. The number of halogens is 1. The number of nitrogens with one attached hydrogen (secondary N) is 1. The van der Waals surface area contributed by atoms with Gasteiger partial charge in [0.1, 0.15) is 11.9 Å². The predicted molar refractivity (Wildman–Crippen MR) is 79.5 cm³/mol. The summed E-state index contributed by atoms with van der Waals surface area (Å²) < 4.78 is 16.5. The van der Waals surface area contributed by atoms with Crippen molar-refractivity contribution < 1.29 is 14.2 Å². The van der Waals surface area contributed by atoms with E-state index in [0.717, 1.165) is 50.5 Å². The van der Waals surface area contributed by atoms with Gasteiger partial charge in [-0.15, -0.1) is 0 Å². The van der Waals surface area contributed by atoms with Crippen molar-refractivity contribution in [2.45, 2.75) is 25.5 Å². The monoisotopic (exact) mass is 299 g/mol. The molecule has 20 heavy (non-hydrogen) atoms. The molecule has 1 N–H and O–H groups in total. The van der Waals surface area contributed by atoms with E-state index in [1.54, 1.807) is 7.11 Å². The summed E-state index contributed by atoms with van der Waals surface area (Å²) in [6.45, 7) is 3.74. The zero-order valence-corrected chi connectivity index (χ0v) is 12.6. The summed E-state index contributed by atoms with van der Waals surface area (Å²) >= 11 is 6.28. The fourth-order valence-electron chi connectivity index (χ4n) is 2.18. The fourth-order valence-corrected chi connectivity index (χ4v) is 2.42. The summed E-state index contributed by atoms with van der Waals surface area (Å²) in [7, 11) is 1.70. The maximum atomic E-state index is 6.28. The first-order valence-electron chi connectivity index (χ1n) is 7.02. The van der Waals surface area contributed by atoms with Gasteiger partial charge in [-0.25, -0.2) is 0 Å². The summed E-state index contributed by atoms with van der Waals surface area (Å²) in [5.41, 5.74) is 1.08. The lowest BCUT2D eigenvalue weighted by atomic mass is 10.1. The minimum atomic E-state index is 0.196. The van der Waals surface area contributed by atoms with Gasteiger partial charge in [0.25, 0.3) is 0 Å². The summed E-state index contributed by atoms with van der Waals surface area (Å²) in [5, 5.41) is 3.99. The number of benzene rings is 1. The van der Waals surface area contributed by atoms with E-state index in [4.69, 9.17) is 25.8 Å². The molecular weight excluding hydrogens is 278 g/mol. The summed E-state index contributed by atoms with van der Waals surface area (Å²) in [4.78, 5) is 0. The second-order valence-corrected chi connectivity index (χ2v) is 5.23. The largest absolute Gasteiger partial charge is 0.488 e. The van der Waals surface area contributed by atoms with Crippen LogP contribution in [0, 0.1) is 0 Å². The van der Waals surface area contributed by atoms with Crippen molar-refractivity contribution in [3.05, 3.63) is 28.8 Å². The topological polar surface area (TPSA) is 39.7 Å². The van der Waals surface area contributed by atoms with Gasteiger partial charge in [0.15, 0.2) is 0 Å². The van der Waals surface area contributed by atoms with Gasteiger partial charge < -0.3 is 19.5 Å². The van der Waals surface area contributed by atoms with Crippen molar-refractivity contribution in [2.24, 2.45) is 0 Å². The van der Waals surface area contributed by atoms with Crippen molar-refractivity contribution >= 4 is 11.6 Å². The van der Waals surface area contributed by atoms with E-state index in [-0.39, 0.29) is 6.10 Å². The first kappa shape index (κ1) is 15.6. The molecule has 0 amide bonds. The van der Waals surface area contributed by atoms with Crippen molar-refractivity contribution in [3.63, 3.8) is 0 Å². The lowest BCUT2D eigenvalue weighted by Crippen LogP contribution is -2.27. The van der Waals surface area contributed by atoms with E-state index in [2.05, 4.69) is 5.32 Å². The number of ether oxygens (including phenoxy) is 3. The fraction of sp³-hybridized carbons (Fsp3) is 0.600. The van der Waals surface area contributed by atoms with Crippen LogP contribution in [-0.4, -0.2) is 39.6 Å². The standard InChI is InChI=1S/C15H22ClNO3/c1-18-10-7-17-11-12-3-2-4-14(16)15(12)20-13-5-8-19-9-6-13/h2-4,13,17H,5-11H2,1H3. The number of methoxy groups -OCH3 is 1. The van der Waals surface area contributed by atoms with Gasteiger partial charge in [-0.05, 0) is 6.07 Å². The first-order valence-corrected chi connectivity index (χ1v) is 7.40. The smallest absolute Gasteiger partial charge is 0.142 e. The highest BCUT2D eigenvalue weighted by atomic mass is 35.5. The minimum absolute atomic E-state index is 0.196. The van der Waals surface area contributed by atoms with Crippen LogP contribution in [0.3, 0.4) is 0 Å². The molecule has 4 nitrogen and oxygen atoms in total. The number of hydrogen-bond acceptors (Lipinski definition) is 4. The molecule has 0 saturated carbocycles. The van der Waals surface area contributed by atoms with Gasteiger partial charge in [0.05, 0.1) is 24.8 Å². The van der Waals surface area contributed by atoms with Crippen LogP contribution >= 0.6 is 11.6 Å². The van der Waals surface area contributed by atoms with E-state index in [0.29, 0.717) is 11.6 Å². The van der Waals surface area contributed by atoms with E-state index in [1.165, 1.54) is 0 Å².